The van der Waals surface area contributed by atoms with Crippen molar-refractivity contribution in [2.24, 2.45) is 0 Å². The van der Waals surface area contributed by atoms with Crippen LogP contribution in [-0.2, 0) is 16.2 Å². The Balaban J connectivity index is 1.45. The molecule has 55 heavy (non-hydrogen) atoms. The van der Waals surface area contributed by atoms with E-state index in [1.165, 1.54) is 26.6 Å². The second-order valence-electron chi connectivity index (χ2n) is 17.8. The second kappa shape index (κ2) is 13.3. The number of benzene rings is 5. The van der Waals surface area contributed by atoms with Crippen LogP contribution in [0.1, 0.15) is 79.0 Å². The fraction of sp³-hybridized carbons (Fsp3) is 0.240. The molecule has 0 aliphatic rings. The van der Waals surface area contributed by atoms with Crippen molar-refractivity contribution in [1.29, 1.82) is 0 Å². The molecule has 1 N–H and O–H groups in total. The zero-order chi connectivity index (χ0) is 38.9. The third-order valence-corrected chi connectivity index (χ3v) is 11.8. The Morgan fingerprint density at radius 2 is 1.27 bits per heavy atom. The maximum atomic E-state index is 12.2. The first-order valence-electron chi connectivity index (χ1n) is 19.1. The number of thiophene rings is 1. The molecule has 0 amide bonds. The van der Waals surface area contributed by atoms with Crippen molar-refractivity contribution in [2.45, 2.75) is 78.6 Å². The highest BCUT2D eigenvalue weighted by atomic mass is 32.1. The zero-order valence-electron chi connectivity index (χ0n) is 33.3. The molecule has 8 rings (SSSR count). The highest BCUT2D eigenvalue weighted by Gasteiger charge is 2.28. The predicted octanol–water partition coefficient (Wildman–Crippen LogP) is 14.4. The van der Waals surface area contributed by atoms with Gasteiger partial charge in [0, 0.05) is 49.4 Å². The number of pyridine rings is 2. The van der Waals surface area contributed by atoms with Crippen molar-refractivity contribution >= 4 is 59.5 Å². The number of rotatable bonds is 5. The summed E-state index contributed by atoms with van der Waals surface area (Å²) in [5, 5.41) is 16.9. The van der Waals surface area contributed by atoms with Gasteiger partial charge in [0.2, 0.25) is 0 Å². The Labute approximate surface area is 329 Å². The number of hydrogen-bond donors (Lipinski definition) is 1. The molecule has 8 aromatic rings. The van der Waals surface area contributed by atoms with Crippen molar-refractivity contribution in [3.63, 3.8) is 0 Å². The largest absolute Gasteiger partial charge is 0.507 e. The summed E-state index contributed by atoms with van der Waals surface area (Å²) >= 11 is 1.74. The minimum Gasteiger partial charge on any atom is -0.507 e. The Hall–Kier alpha value is -5.52. The minimum absolute atomic E-state index is 0.133. The Morgan fingerprint density at radius 3 is 1.98 bits per heavy atom. The molecular weight excluding hydrogens is 691 g/mol. The topological polar surface area (TPSA) is 49.3 Å². The van der Waals surface area contributed by atoms with Gasteiger partial charge < -0.3 is 5.11 Å². The highest BCUT2D eigenvalue weighted by molar-refractivity contribution is 7.26. The lowest BCUT2D eigenvalue weighted by atomic mass is 9.78. The summed E-state index contributed by atoms with van der Waals surface area (Å²) in [6.07, 6.45) is 1.86. The lowest BCUT2D eigenvalue weighted by Gasteiger charge is -2.29. The average Bonchev–Trinajstić information content (AvgIpc) is 3.53. The first kappa shape index (κ1) is 36.5. The molecule has 3 aromatic heterocycles. The summed E-state index contributed by atoms with van der Waals surface area (Å²) in [6, 6.07) is 43.1. The van der Waals surface area contributed by atoms with Crippen LogP contribution in [0.4, 0.5) is 17.2 Å². The Kier molecular flexibility index (Phi) is 8.85. The summed E-state index contributed by atoms with van der Waals surface area (Å²) in [7, 11) is 0. The quantitative estimate of drug-likeness (QED) is 0.191. The van der Waals surface area contributed by atoms with Crippen LogP contribution in [0.5, 0.6) is 5.75 Å². The van der Waals surface area contributed by atoms with E-state index < -0.39 is 0 Å². The number of aromatic hydroxyl groups is 1. The van der Waals surface area contributed by atoms with E-state index in [4.69, 9.17) is 9.97 Å². The Bertz CT molecular complexity index is 2720. The van der Waals surface area contributed by atoms with Crippen molar-refractivity contribution in [2.75, 3.05) is 4.90 Å². The van der Waals surface area contributed by atoms with Gasteiger partial charge in [0.15, 0.2) is 0 Å². The van der Waals surface area contributed by atoms with Crippen LogP contribution in [0.3, 0.4) is 0 Å². The summed E-state index contributed by atoms with van der Waals surface area (Å²) in [6.45, 7) is 20.0. The standard InChI is InChI=1S/C50H49N3OS/c1-48(2,3)33-25-32(26-35(27-33)53(44-23-14-15-24-51-44)42-21-16-18-31-17-10-11-19-36(31)42)41-30-38-37-20-12-13-22-43(37)55-47(38)45(52-41)39-28-34(49(4,5)6)29-40(46(39)54)50(7,8)9/h10-30,54H,1-9H3. The van der Waals surface area contributed by atoms with Crippen LogP contribution in [0.25, 0.3) is 53.5 Å². The van der Waals surface area contributed by atoms with Gasteiger partial charge in [-0.1, -0.05) is 129 Å². The van der Waals surface area contributed by atoms with Gasteiger partial charge in [-0.2, -0.15) is 0 Å². The normalized spacial score (nSPS) is 12.5. The molecule has 0 aliphatic heterocycles. The lowest BCUT2D eigenvalue weighted by Crippen LogP contribution is -2.17. The van der Waals surface area contributed by atoms with Crippen molar-refractivity contribution in [1.82, 2.24) is 9.97 Å². The van der Waals surface area contributed by atoms with Gasteiger partial charge in [0.05, 0.1) is 21.8 Å². The van der Waals surface area contributed by atoms with Crippen LogP contribution >= 0.6 is 11.3 Å². The third kappa shape index (κ3) is 6.76. The molecular formula is C50H49N3OS. The third-order valence-electron chi connectivity index (χ3n) is 10.6. The molecule has 276 valence electrons. The molecule has 5 heteroatoms. The molecule has 0 atom stereocenters. The molecule has 4 nitrogen and oxygen atoms in total. The number of fused-ring (bicyclic) bond motifs is 4. The average molecular weight is 740 g/mol. The van der Waals surface area contributed by atoms with E-state index >= 15 is 0 Å². The van der Waals surface area contributed by atoms with Gasteiger partial charge >= 0.3 is 0 Å². The van der Waals surface area contributed by atoms with Gasteiger partial charge in [-0.05, 0) is 87.4 Å². The summed E-state index contributed by atoms with van der Waals surface area (Å²) < 4.78 is 2.27. The van der Waals surface area contributed by atoms with Gasteiger partial charge in [-0.25, -0.2) is 9.97 Å². The number of nitrogens with zero attached hydrogens (tertiary/aromatic N) is 3. The molecule has 3 heterocycles. The van der Waals surface area contributed by atoms with Crippen LogP contribution in [-0.4, -0.2) is 15.1 Å². The second-order valence-corrected chi connectivity index (χ2v) is 18.8. The van der Waals surface area contributed by atoms with Crippen molar-refractivity contribution in [3.05, 3.63) is 144 Å². The summed E-state index contributed by atoms with van der Waals surface area (Å²) in [5.41, 5.74) is 8.21. The highest BCUT2D eigenvalue weighted by Crippen LogP contribution is 2.48. The predicted molar refractivity (Wildman–Crippen MR) is 236 cm³/mol. The smallest absolute Gasteiger partial charge is 0.137 e. The fourth-order valence-electron chi connectivity index (χ4n) is 7.48. The van der Waals surface area contributed by atoms with Crippen molar-refractivity contribution in [3.8, 4) is 28.3 Å². The van der Waals surface area contributed by atoms with E-state index in [1.54, 1.807) is 11.3 Å². The van der Waals surface area contributed by atoms with Gasteiger partial charge in [-0.15, -0.1) is 11.3 Å². The Morgan fingerprint density at radius 1 is 0.600 bits per heavy atom. The van der Waals surface area contributed by atoms with Gasteiger partial charge in [0.25, 0.3) is 0 Å². The summed E-state index contributed by atoms with van der Waals surface area (Å²) in [4.78, 5) is 12.8. The molecule has 0 saturated heterocycles. The lowest BCUT2D eigenvalue weighted by molar-refractivity contribution is 0.446. The van der Waals surface area contributed by atoms with E-state index in [1.807, 2.05) is 18.3 Å². The van der Waals surface area contributed by atoms with Gasteiger partial charge in [-0.3, -0.25) is 4.90 Å². The number of hydrogen-bond acceptors (Lipinski definition) is 5. The number of anilines is 3. The van der Waals surface area contributed by atoms with E-state index in [2.05, 4.69) is 176 Å². The van der Waals surface area contributed by atoms with Crippen molar-refractivity contribution < 1.29 is 5.11 Å². The first-order valence-corrected chi connectivity index (χ1v) is 19.9. The van der Waals surface area contributed by atoms with Crippen LogP contribution in [0.15, 0.2) is 128 Å². The maximum Gasteiger partial charge on any atom is 0.137 e. The monoisotopic (exact) mass is 739 g/mol. The SMILES string of the molecule is CC(C)(C)c1cc(-c2cc3c(sc4ccccc43)c(-c3cc(C(C)(C)C)cc(C(C)(C)C)c3O)n2)cc(N(c2ccccn2)c2cccc3ccccc23)c1. The van der Waals surface area contributed by atoms with E-state index in [0.717, 1.165) is 60.7 Å². The van der Waals surface area contributed by atoms with E-state index in [9.17, 15) is 5.11 Å². The van der Waals surface area contributed by atoms with Gasteiger partial charge in [0.1, 0.15) is 11.6 Å². The maximum absolute atomic E-state index is 12.2. The molecule has 0 spiro atoms. The molecule has 0 bridgehead atoms. The first-order chi connectivity index (χ1) is 26.1. The fourth-order valence-corrected chi connectivity index (χ4v) is 8.67. The van der Waals surface area contributed by atoms with Crippen LogP contribution < -0.4 is 4.90 Å². The minimum atomic E-state index is -0.274. The van der Waals surface area contributed by atoms with E-state index in [0.29, 0.717) is 5.75 Å². The summed E-state index contributed by atoms with van der Waals surface area (Å²) in [5.74, 6) is 1.13. The van der Waals surface area contributed by atoms with Crippen LogP contribution in [0.2, 0.25) is 0 Å². The molecule has 0 unspecified atom stereocenters. The molecule has 0 fully saturated rings. The molecule has 0 saturated carbocycles. The number of aromatic nitrogens is 2. The number of phenolic OH excluding ortho intramolecular Hbond substituents is 1. The zero-order valence-corrected chi connectivity index (χ0v) is 34.1. The molecule has 5 aromatic carbocycles. The number of phenols is 1. The van der Waals surface area contributed by atoms with E-state index in [-0.39, 0.29) is 16.2 Å². The van der Waals surface area contributed by atoms with Crippen LogP contribution in [0, 0.1) is 0 Å². The molecule has 0 aliphatic carbocycles. The molecule has 0 radical (unpaired) electrons.